The summed E-state index contributed by atoms with van der Waals surface area (Å²) in [5, 5.41) is 4.05. The van der Waals surface area contributed by atoms with Crippen molar-refractivity contribution in [3.05, 3.63) is 39.8 Å². The number of rotatable bonds is 7. The maximum atomic E-state index is 12.6. The topological polar surface area (TPSA) is 78.5 Å². The highest BCUT2D eigenvalue weighted by Gasteiger charge is 2.26. The number of fused-ring (bicyclic) bond motifs is 2. The maximum Gasteiger partial charge on any atom is 0.333 e. The molecule has 0 aromatic heterocycles. The third-order valence-electron chi connectivity index (χ3n) is 6.42. The molecule has 1 atom stereocenters. The third-order valence-corrected chi connectivity index (χ3v) is 8.00. The summed E-state index contributed by atoms with van der Waals surface area (Å²) < 4.78 is 27.2. The lowest BCUT2D eigenvalue weighted by molar-refractivity contribution is 0.256. The number of amides is 2. The van der Waals surface area contributed by atoms with E-state index in [1.165, 1.54) is 22.3 Å². The van der Waals surface area contributed by atoms with E-state index in [2.05, 4.69) is 27.3 Å². The van der Waals surface area contributed by atoms with Gasteiger partial charge in [-0.1, -0.05) is 12.1 Å². The highest BCUT2D eigenvalue weighted by molar-refractivity contribution is 7.98. The zero-order chi connectivity index (χ0) is 21.1. The zero-order valence-electron chi connectivity index (χ0n) is 17.6. The van der Waals surface area contributed by atoms with Gasteiger partial charge in [0.15, 0.2) is 0 Å². The number of nitrogens with zero attached hydrogens (tertiary/aromatic N) is 1. The van der Waals surface area contributed by atoms with Gasteiger partial charge >= 0.3 is 6.03 Å². The Labute approximate surface area is 183 Å². The van der Waals surface area contributed by atoms with Gasteiger partial charge in [0.2, 0.25) is 0 Å². The van der Waals surface area contributed by atoms with Crippen molar-refractivity contribution in [1.82, 2.24) is 9.62 Å². The first kappa shape index (κ1) is 21.7. The normalized spacial score (nSPS) is 21.2. The summed E-state index contributed by atoms with van der Waals surface area (Å²) in [6.07, 6.45) is 12.0. The molecule has 2 N–H and O–H groups in total. The molecule has 8 heteroatoms. The molecule has 0 radical (unpaired) electrons. The summed E-state index contributed by atoms with van der Waals surface area (Å²) in [6.45, 7) is 1.95. The van der Waals surface area contributed by atoms with Crippen LogP contribution in [0, 0.1) is 0 Å². The first-order chi connectivity index (χ1) is 14.5. The Morgan fingerprint density at radius 2 is 1.87 bits per heavy atom. The fraction of sp³-hybridized carbons (Fsp3) is 0.591. The number of sulfonamides is 1. The number of urea groups is 1. The van der Waals surface area contributed by atoms with E-state index in [1.54, 1.807) is 17.8 Å². The SMILES string of the molecule is CSCCN1CCC[C@@H]1/C=C/S(=O)(=O)NC(=O)Nc1c2c(cc3c1CCC3)CCC2. The number of aryl methyl sites for hydroxylation is 2. The van der Waals surface area contributed by atoms with Crippen molar-refractivity contribution in [2.45, 2.75) is 57.4 Å². The van der Waals surface area contributed by atoms with Gasteiger partial charge in [-0.25, -0.2) is 17.9 Å². The largest absolute Gasteiger partial charge is 0.333 e. The predicted octanol–water partition coefficient (Wildman–Crippen LogP) is 3.46. The van der Waals surface area contributed by atoms with Crippen LogP contribution < -0.4 is 10.0 Å². The van der Waals surface area contributed by atoms with Crippen LogP contribution in [0.15, 0.2) is 17.6 Å². The van der Waals surface area contributed by atoms with E-state index in [1.807, 2.05) is 0 Å². The second kappa shape index (κ2) is 9.32. The summed E-state index contributed by atoms with van der Waals surface area (Å²) in [4.78, 5) is 14.9. The van der Waals surface area contributed by atoms with E-state index < -0.39 is 16.1 Å². The van der Waals surface area contributed by atoms with Crippen LogP contribution >= 0.6 is 11.8 Å². The molecular weight excluding hydrogens is 418 g/mol. The average molecular weight is 450 g/mol. The van der Waals surface area contributed by atoms with Crippen LogP contribution in [-0.4, -0.2) is 50.5 Å². The monoisotopic (exact) mass is 449 g/mol. The summed E-state index contributed by atoms with van der Waals surface area (Å²) >= 11 is 1.79. The smallest absolute Gasteiger partial charge is 0.307 e. The Balaban J connectivity index is 1.42. The zero-order valence-corrected chi connectivity index (χ0v) is 19.2. The Morgan fingerprint density at radius 3 is 2.53 bits per heavy atom. The van der Waals surface area contributed by atoms with Crippen LogP contribution in [0.4, 0.5) is 10.5 Å². The van der Waals surface area contributed by atoms with Crippen LogP contribution in [0.3, 0.4) is 0 Å². The van der Waals surface area contributed by atoms with E-state index >= 15 is 0 Å². The van der Waals surface area contributed by atoms with Gasteiger partial charge in [-0.2, -0.15) is 11.8 Å². The molecule has 2 amide bonds. The average Bonchev–Trinajstić information content (AvgIpc) is 3.44. The van der Waals surface area contributed by atoms with Crippen molar-refractivity contribution >= 4 is 33.5 Å². The summed E-state index contributed by atoms with van der Waals surface area (Å²) in [7, 11) is -3.83. The standard InChI is InChI=1S/C22H31N3O3S2/c1-29-13-12-25-11-4-7-18(25)10-14-30(27,28)24-22(26)23-21-19-8-2-5-16(19)15-17-6-3-9-20(17)21/h10,14-15,18H,2-9,11-13H2,1H3,(H2,23,24,26)/b14-10+/t18-/m1/s1. The fourth-order valence-electron chi connectivity index (χ4n) is 5.02. The molecule has 0 saturated carbocycles. The number of hydrogen-bond donors (Lipinski definition) is 2. The molecule has 3 aliphatic rings. The van der Waals surface area contributed by atoms with Crippen LogP contribution in [-0.2, 0) is 35.7 Å². The van der Waals surface area contributed by atoms with Gasteiger partial charge in [0.05, 0.1) is 0 Å². The van der Waals surface area contributed by atoms with Gasteiger partial charge in [-0.05, 0) is 86.4 Å². The number of hydrogen-bond acceptors (Lipinski definition) is 5. The first-order valence-corrected chi connectivity index (χ1v) is 13.8. The molecule has 1 aromatic carbocycles. The molecule has 0 spiro atoms. The number of likely N-dealkylation sites (tertiary alicyclic amines) is 1. The molecule has 1 aliphatic heterocycles. The molecule has 1 fully saturated rings. The van der Waals surface area contributed by atoms with Gasteiger partial charge in [0, 0.05) is 29.4 Å². The molecule has 6 nitrogen and oxygen atoms in total. The number of benzene rings is 1. The summed E-state index contributed by atoms with van der Waals surface area (Å²) in [5.41, 5.74) is 5.84. The first-order valence-electron chi connectivity index (χ1n) is 10.9. The minimum absolute atomic E-state index is 0.123. The van der Waals surface area contributed by atoms with Crippen molar-refractivity contribution in [2.75, 3.05) is 30.4 Å². The van der Waals surface area contributed by atoms with Crippen molar-refractivity contribution in [2.24, 2.45) is 0 Å². The Bertz CT molecular complexity index is 911. The number of carbonyl (C=O) groups excluding carboxylic acids is 1. The molecular formula is C22H31N3O3S2. The molecule has 0 bridgehead atoms. The minimum atomic E-state index is -3.83. The molecule has 0 unspecified atom stereocenters. The van der Waals surface area contributed by atoms with Crippen molar-refractivity contribution in [1.29, 1.82) is 0 Å². The number of thioether (sulfide) groups is 1. The van der Waals surface area contributed by atoms with Crippen LogP contribution in [0.5, 0.6) is 0 Å². The minimum Gasteiger partial charge on any atom is -0.307 e. The summed E-state index contributed by atoms with van der Waals surface area (Å²) in [6, 6.07) is 1.75. The number of carbonyl (C=O) groups is 1. The lowest BCUT2D eigenvalue weighted by atomic mass is 9.99. The van der Waals surface area contributed by atoms with Crippen molar-refractivity contribution in [3.63, 3.8) is 0 Å². The lowest BCUT2D eigenvalue weighted by Gasteiger charge is -2.21. The predicted molar refractivity (Wildman–Crippen MR) is 124 cm³/mol. The van der Waals surface area contributed by atoms with E-state index in [-0.39, 0.29) is 6.04 Å². The van der Waals surface area contributed by atoms with Gasteiger partial charge in [0.1, 0.15) is 0 Å². The number of anilines is 1. The van der Waals surface area contributed by atoms with E-state index in [0.29, 0.717) is 0 Å². The van der Waals surface area contributed by atoms with Crippen molar-refractivity contribution < 1.29 is 13.2 Å². The third kappa shape index (κ3) is 4.86. The molecule has 30 heavy (non-hydrogen) atoms. The second-order valence-corrected chi connectivity index (χ2v) is 11.0. The van der Waals surface area contributed by atoms with Gasteiger partial charge in [-0.15, -0.1) is 0 Å². The molecule has 4 rings (SSSR count). The Kier molecular flexibility index (Phi) is 6.75. The second-order valence-electron chi connectivity index (χ2n) is 8.40. The molecule has 1 aromatic rings. The van der Waals surface area contributed by atoms with Crippen LogP contribution in [0.25, 0.3) is 0 Å². The van der Waals surface area contributed by atoms with Gasteiger partial charge in [0.25, 0.3) is 10.0 Å². The van der Waals surface area contributed by atoms with Crippen molar-refractivity contribution in [3.8, 4) is 0 Å². The number of nitrogens with one attached hydrogen (secondary N) is 2. The van der Waals surface area contributed by atoms with E-state index in [0.717, 1.165) is 81.3 Å². The van der Waals surface area contributed by atoms with Gasteiger partial charge < -0.3 is 5.32 Å². The Morgan fingerprint density at radius 1 is 1.17 bits per heavy atom. The lowest BCUT2D eigenvalue weighted by Crippen LogP contribution is -2.34. The Hall–Kier alpha value is -1.51. The fourth-order valence-corrected chi connectivity index (χ4v) is 6.20. The molecule has 1 heterocycles. The van der Waals surface area contributed by atoms with E-state index in [4.69, 9.17) is 0 Å². The van der Waals surface area contributed by atoms with Crippen LogP contribution in [0.2, 0.25) is 0 Å². The van der Waals surface area contributed by atoms with Crippen LogP contribution in [0.1, 0.15) is 47.9 Å². The summed E-state index contributed by atoms with van der Waals surface area (Å²) in [5.74, 6) is 1.03. The molecule has 1 saturated heterocycles. The molecule has 2 aliphatic carbocycles. The molecule has 164 valence electrons. The van der Waals surface area contributed by atoms with E-state index in [9.17, 15) is 13.2 Å². The quantitative estimate of drug-likeness (QED) is 0.667. The highest BCUT2D eigenvalue weighted by atomic mass is 32.2. The maximum absolute atomic E-state index is 12.6. The van der Waals surface area contributed by atoms with Gasteiger partial charge in [-0.3, -0.25) is 4.90 Å². The highest BCUT2D eigenvalue weighted by Crippen LogP contribution is 2.38.